The van der Waals surface area contributed by atoms with Crippen LogP contribution in [0.25, 0.3) is 0 Å². The van der Waals surface area contributed by atoms with Crippen molar-refractivity contribution in [3.8, 4) is 5.75 Å². The minimum atomic E-state index is -3.54. The zero-order valence-corrected chi connectivity index (χ0v) is 17.8. The zero-order chi connectivity index (χ0) is 19.4. The number of nitrogens with zero attached hydrogens (tertiary/aromatic N) is 1. The first kappa shape index (κ1) is 20.2. The van der Waals surface area contributed by atoms with Gasteiger partial charge in [-0.2, -0.15) is 0 Å². The number of phenolic OH excluding ortho intramolecular Hbond substituents is 1. The zero-order valence-electron chi connectivity index (χ0n) is 16.1. The lowest BCUT2D eigenvalue weighted by atomic mass is 9.62. The molecule has 1 heterocycles. The van der Waals surface area contributed by atoms with E-state index in [1.165, 1.54) is 22.3 Å². The lowest BCUT2D eigenvalue weighted by molar-refractivity contribution is 0.0525. The number of thioether (sulfide) groups is 1. The Bertz CT molecular complexity index is 770. The predicted molar refractivity (Wildman–Crippen MR) is 106 cm³/mol. The van der Waals surface area contributed by atoms with Gasteiger partial charge in [0.2, 0.25) is 10.0 Å². The first-order valence-corrected chi connectivity index (χ1v) is 11.0. The van der Waals surface area contributed by atoms with Crippen LogP contribution in [0.3, 0.4) is 0 Å². The van der Waals surface area contributed by atoms with Crippen molar-refractivity contribution in [1.82, 2.24) is 4.31 Å². The largest absolute Gasteiger partial charge is 0.508 e. The van der Waals surface area contributed by atoms with Gasteiger partial charge in [-0.3, -0.25) is 4.31 Å². The molecule has 2 atom stereocenters. The van der Waals surface area contributed by atoms with E-state index in [0.717, 1.165) is 5.56 Å². The Morgan fingerprint density at radius 1 is 1.12 bits per heavy atom. The molecule has 0 spiro atoms. The molecule has 1 aromatic rings. The van der Waals surface area contributed by atoms with E-state index in [1.54, 1.807) is 12.1 Å². The molecule has 6 heteroatoms. The smallest absolute Gasteiger partial charge is 0.233 e. The fraction of sp³-hybridized carbons (Fsp3) is 0.579. The van der Waals surface area contributed by atoms with Gasteiger partial charge in [0.05, 0.1) is 16.8 Å². The summed E-state index contributed by atoms with van der Waals surface area (Å²) in [5.41, 5.74) is -0.515. The Labute approximate surface area is 156 Å². The van der Waals surface area contributed by atoms with Crippen molar-refractivity contribution < 1.29 is 13.5 Å². The van der Waals surface area contributed by atoms with E-state index in [2.05, 4.69) is 48.1 Å². The van der Waals surface area contributed by atoms with Crippen LogP contribution in [0, 0.1) is 10.8 Å². The molecule has 1 aliphatic rings. The Morgan fingerprint density at radius 2 is 1.60 bits per heavy atom. The molecule has 1 saturated heterocycles. The van der Waals surface area contributed by atoms with Crippen LogP contribution in [0.1, 0.15) is 47.1 Å². The van der Waals surface area contributed by atoms with Crippen LogP contribution in [0.5, 0.6) is 5.75 Å². The molecular formula is C19H29NO3S2. The van der Waals surface area contributed by atoms with Crippen molar-refractivity contribution >= 4 is 21.8 Å². The average Bonchev–Trinajstić information content (AvgIpc) is 2.73. The summed E-state index contributed by atoms with van der Waals surface area (Å²) in [7, 11) is -3.54. The van der Waals surface area contributed by atoms with E-state index in [-0.39, 0.29) is 16.4 Å². The summed E-state index contributed by atoms with van der Waals surface area (Å²) < 4.78 is 27.1. The molecule has 0 amide bonds. The molecule has 2 unspecified atom stereocenters. The van der Waals surface area contributed by atoms with Gasteiger partial charge in [0.15, 0.2) is 0 Å². The van der Waals surface area contributed by atoms with Crippen LogP contribution in [0.15, 0.2) is 35.9 Å². The molecule has 2 rings (SSSR count). The van der Waals surface area contributed by atoms with E-state index >= 15 is 0 Å². The lowest BCUT2D eigenvalue weighted by Gasteiger charge is -2.53. The van der Waals surface area contributed by atoms with Gasteiger partial charge < -0.3 is 5.11 Å². The highest BCUT2D eigenvalue weighted by atomic mass is 32.2. The number of sulfonamides is 1. The van der Waals surface area contributed by atoms with Gasteiger partial charge in [-0.05, 0) is 28.5 Å². The van der Waals surface area contributed by atoms with Gasteiger partial charge in [-0.1, -0.05) is 60.3 Å². The summed E-state index contributed by atoms with van der Waals surface area (Å²) in [5.74, 6) is 0.163. The monoisotopic (exact) mass is 383 g/mol. The number of hydrogen-bond donors (Lipinski definition) is 1. The first-order valence-electron chi connectivity index (χ1n) is 8.29. The van der Waals surface area contributed by atoms with Crippen LogP contribution in [-0.2, 0) is 15.6 Å². The fourth-order valence-electron chi connectivity index (χ4n) is 3.94. The Balaban J connectivity index is 2.95. The van der Waals surface area contributed by atoms with Crippen LogP contribution < -0.4 is 0 Å². The molecule has 0 aromatic heterocycles. The summed E-state index contributed by atoms with van der Waals surface area (Å²) in [4.78, 5) is 0. The van der Waals surface area contributed by atoms with Gasteiger partial charge in [0.25, 0.3) is 0 Å². The second-order valence-electron chi connectivity index (χ2n) is 8.85. The standard InChI is InChI=1S/C19H29NO3S2/c1-13-20(25(8,22)23)19(18(5,6)7,16(24-13)17(2,3)4)14-9-11-15(21)12-10-14/h9-12,16,21H,1H2,2-8H3. The molecule has 4 nitrogen and oxygen atoms in total. The minimum Gasteiger partial charge on any atom is -0.508 e. The summed E-state index contributed by atoms with van der Waals surface area (Å²) >= 11 is 1.53. The van der Waals surface area contributed by atoms with Gasteiger partial charge in [0, 0.05) is 5.25 Å². The van der Waals surface area contributed by atoms with Crippen LogP contribution in [0.4, 0.5) is 0 Å². The first-order chi connectivity index (χ1) is 11.1. The molecule has 0 bridgehead atoms. The Kier molecular flexibility index (Phi) is 4.80. The number of aromatic hydroxyl groups is 1. The molecule has 1 aliphatic heterocycles. The number of phenols is 1. The quantitative estimate of drug-likeness (QED) is 0.815. The summed E-state index contributed by atoms with van der Waals surface area (Å²) in [6.07, 6.45) is 1.24. The van der Waals surface area contributed by atoms with E-state index in [4.69, 9.17) is 0 Å². The third-order valence-electron chi connectivity index (χ3n) is 4.75. The van der Waals surface area contributed by atoms with Gasteiger partial charge in [0.1, 0.15) is 5.75 Å². The van der Waals surface area contributed by atoms with Crippen molar-refractivity contribution in [1.29, 1.82) is 0 Å². The summed E-state index contributed by atoms with van der Waals surface area (Å²) in [6, 6.07) is 6.90. The average molecular weight is 384 g/mol. The molecule has 140 valence electrons. The topological polar surface area (TPSA) is 57.6 Å². The lowest BCUT2D eigenvalue weighted by Crippen LogP contribution is -2.60. The Morgan fingerprint density at radius 3 is 1.96 bits per heavy atom. The van der Waals surface area contributed by atoms with E-state index < -0.39 is 21.0 Å². The SMILES string of the molecule is C=C1SC(C(C)(C)C)C(c2ccc(O)cc2)(C(C)(C)C)N1S(C)(=O)=O. The third kappa shape index (κ3) is 3.19. The fourth-order valence-corrected chi connectivity index (χ4v) is 7.55. The second kappa shape index (κ2) is 5.95. The van der Waals surface area contributed by atoms with Gasteiger partial charge >= 0.3 is 0 Å². The molecule has 1 N–H and O–H groups in total. The van der Waals surface area contributed by atoms with Crippen LogP contribution in [0.2, 0.25) is 0 Å². The maximum Gasteiger partial charge on any atom is 0.233 e. The van der Waals surface area contributed by atoms with Crippen molar-refractivity contribution in [3.05, 3.63) is 41.4 Å². The second-order valence-corrected chi connectivity index (χ2v) is 11.9. The van der Waals surface area contributed by atoms with Crippen molar-refractivity contribution in [3.63, 3.8) is 0 Å². The molecular weight excluding hydrogens is 354 g/mol. The summed E-state index contributed by atoms with van der Waals surface area (Å²) in [5, 5.41) is 10.2. The van der Waals surface area contributed by atoms with E-state index in [9.17, 15) is 13.5 Å². The maximum atomic E-state index is 12.8. The number of benzene rings is 1. The van der Waals surface area contributed by atoms with Crippen LogP contribution in [-0.4, -0.2) is 29.3 Å². The minimum absolute atomic E-state index is 0.0354. The maximum absolute atomic E-state index is 12.8. The van der Waals surface area contributed by atoms with Crippen molar-refractivity contribution in [2.24, 2.45) is 10.8 Å². The normalized spacial score (nSPS) is 25.5. The van der Waals surface area contributed by atoms with E-state index in [0.29, 0.717) is 5.03 Å². The highest BCUT2D eigenvalue weighted by Crippen LogP contribution is 2.64. The molecule has 0 aliphatic carbocycles. The molecule has 25 heavy (non-hydrogen) atoms. The molecule has 1 fully saturated rings. The molecule has 1 aromatic carbocycles. The Hall–Kier alpha value is -1.14. The predicted octanol–water partition coefficient (Wildman–Crippen LogP) is 4.53. The number of rotatable bonds is 2. The van der Waals surface area contributed by atoms with Crippen molar-refractivity contribution in [2.75, 3.05) is 6.26 Å². The molecule has 0 radical (unpaired) electrons. The van der Waals surface area contributed by atoms with Gasteiger partial charge in [-0.25, -0.2) is 8.42 Å². The van der Waals surface area contributed by atoms with E-state index in [1.807, 2.05) is 12.1 Å². The van der Waals surface area contributed by atoms with Crippen molar-refractivity contribution in [2.45, 2.75) is 52.3 Å². The van der Waals surface area contributed by atoms with Gasteiger partial charge in [-0.15, -0.1) is 11.8 Å². The number of hydrogen-bond acceptors (Lipinski definition) is 4. The molecule has 0 saturated carbocycles. The highest BCUT2D eigenvalue weighted by molar-refractivity contribution is 8.05. The van der Waals surface area contributed by atoms with Crippen LogP contribution >= 0.6 is 11.8 Å². The highest BCUT2D eigenvalue weighted by Gasteiger charge is 2.64. The third-order valence-corrected chi connectivity index (χ3v) is 7.78. The summed E-state index contributed by atoms with van der Waals surface area (Å²) in [6.45, 7) is 16.7.